The van der Waals surface area contributed by atoms with Crippen molar-refractivity contribution in [2.45, 2.75) is 31.4 Å². The lowest BCUT2D eigenvalue weighted by molar-refractivity contribution is 0.169. The molecule has 0 amide bonds. The lowest BCUT2D eigenvalue weighted by Gasteiger charge is -2.37. The number of fused-ring (bicyclic) bond motifs is 3. The van der Waals surface area contributed by atoms with Crippen LogP contribution in [-0.2, 0) is 6.61 Å². The van der Waals surface area contributed by atoms with Crippen LogP contribution in [0.15, 0.2) is 42.5 Å². The number of ether oxygens (including phenoxy) is 2. The highest BCUT2D eigenvalue weighted by atomic mass is 35.5. The number of hydrogen-bond acceptors (Lipinski definition) is 3. The van der Waals surface area contributed by atoms with Crippen LogP contribution in [0.2, 0.25) is 5.02 Å². The van der Waals surface area contributed by atoms with Crippen LogP contribution < -0.4 is 14.8 Å². The van der Waals surface area contributed by atoms with Gasteiger partial charge in [0.25, 0.3) is 0 Å². The third-order valence-corrected chi connectivity index (χ3v) is 5.15. The maximum absolute atomic E-state index is 6.00. The number of nitrogens with one attached hydrogen (secondary N) is 1. The molecular weight excluding hydrogens is 310 g/mol. The van der Waals surface area contributed by atoms with Crippen molar-refractivity contribution >= 4 is 11.6 Å². The molecule has 120 valence electrons. The first-order chi connectivity index (χ1) is 11.1. The Balaban J connectivity index is 1.52. The van der Waals surface area contributed by atoms with Gasteiger partial charge >= 0.3 is 0 Å². The van der Waals surface area contributed by atoms with Crippen LogP contribution >= 0.6 is 11.6 Å². The minimum absolute atomic E-state index is 0.0656. The van der Waals surface area contributed by atoms with Gasteiger partial charge < -0.3 is 14.8 Å². The third-order valence-electron chi connectivity index (χ3n) is 4.91. The van der Waals surface area contributed by atoms with E-state index in [1.165, 1.54) is 5.56 Å². The molecule has 2 aliphatic rings. The third kappa shape index (κ3) is 2.79. The van der Waals surface area contributed by atoms with Crippen LogP contribution in [0.5, 0.6) is 11.5 Å². The molecule has 0 bridgehead atoms. The summed E-state index contributed by atoms with van der Waals surface area (Å²) in [5.74, 6) is 2.31. The van der Waals surface area contributed by atoms with Gasteiger partial charge in [-0.2, -0.15) is 0 Å². The highest BCUT2D eigenvalue weighted by molar-refractivity contribution is 6.30. The Labute approximate surface area is 141 Å². The smallest absolute Gasteiger partial charge is 0.126 e. The average Bonchev–Trinajstić information content (AvgIpc) is 2.95. The van der Waals surface area contributed by atoms with Crippen LogP contribution in [0.1, 0.15) is 30.4 Å². The summed E-state index contributed by atoms with van der Waals surface area (Å²) in [4.78, 5) is 0. The molecular formula is C19H20ClNO2. The Kier molecular flexibility index (Phi) is 3.70. The molecule has 1 N–H and O–H groups in total. The summed E-state index contributed by atoms with van der Waals surface area (Å²) in [5.41, 5.74) is 2.42. The number of rotatable bonds is 3. The Morgan fingerprint density at radius 2 is 2.22 bits per heavy atom. The summed E-state index contributed by atoms with van der Waals surface area (Å²) in [7, 11) is 0. The van der Waals surface area contributed by atoms with Gasteiger partial charge in [0.05, 0.1) is 5.54 Å². The molecule has 1 fully saturated rings. The summed E-state index contributed by atoms with van der Waals surface area (Å²) in [6, 6.07) is 13.9. The normalized spacial score (nSPS) is 25.4. The van der Waals surface area contributed by atoms with Crippen LogP contribution in [0.4, 0.5) is 0 Å². The van der Waals surface area contributed by atoms with Crippen LogP contribution in [0, 0.1) is 0 Å². The van der Waals surface area contributed by atoms with Crippen LogP contribution in [0.25, 0.3) is 0 Å². The summed E-state index contributed by atoms with van der Waals surface area (Å²) < 4.78 is 11.9. The van der Waals surface area contributed by atoms with E-state index in [1.54, 1.807) is 0 Å². The molecule has 2 aromatic carbocycles. The minimum atomic E-state index is 0.0656. The van der Waals surface area contributed by atoms with E-state index in [1.807, 2.05) is 36.4 Å². The first-order valence-corrected chi connectivity index (χ1v) is 8.41. The second-order valence-electron chi connectivity index (χ2n) is 6.59. The zero-order chi connectivity index (χ0) is 15.9. The fourth-order valence-corrected chi connectivity index (χ4v) is 3.85. The highest BCUT2D eigenvalue weighted by Gasteiger charge is 2.44. The molecule has 0 radical (unpaired) electrons. The van der Waals surface area contributed by atoms with Gasteiger partial charge in [-0.15, -0.1) is 0 Å². The fourth-order valence-electron chi connectivity index (χ4n) is 3.63. The quantitative estimate of drug-likeness (QED) is 0.917. The van der Waals surface area contributed by atoms with Crippen molar-refractivity contribution in [3.63, 3.8) is 0 Å². The molecule has 4 heteroatoms. The number of halogens is 1. The van der Waals surface area contributed by atoms with Gasteiger partial charge in [-0.3, -0.25) is 0 Å². The Morgan fingerprint density at radius 3 is 3.09 bits per heavy atom. The standard InChI is InChI=1S/C19H20ClNO2/c1-19-12-23-18-10-15(5-6-16(18)17(19)7-8-21-19)22-11-13-3-2-4-14(20)9-13/h2-6,9-10,17,21H,7-8,11-12H2,1H3/t17-,19+/m0/s1. The van der Waals surface area contributed by atoms with Gasteiger partial charge in [-0.05, 0) is 49.2 Å². The van der Waals surface area contributed by atoms with Gasteiger partial charge in [-0.1, -0.05) is 29.8 Å². The molecule has 0 unspecified atom stereocenters. The fraction of sp³-hybridized carbons (Fsp3) is 0.368. The molecule has 0 aliphatic carbocycles. The largest absolute Gasteiger partial charge is 0.491 e. The zero-order valence-corrected chi connectivity index (χ0v) is 13.9. The number of hydrogen-bond donors (Lipinski definition) is 1. The summed E-state index contributed by atoms with van der Waals surface area (Å²) in [6.07, 6.45) is 1.16. The number of benzene rings is 2. The summed E-state index contributed by atoms with van der Waals surface area (Å²) in [6.45, 7) is 4.51. The van der Waals surface area contributed by atoms with Gasteiger partial charge in [0, 0.05) is 17.0 Å². The van der Waals surface area contributed by atoms with E-state index in [4.69, 9.17) is 21.1 Å². The highest BCUT2D eigenvalue weighted by Crippen LogP contribution is 2.45. The first kappa shape index (κ1) is 14.9. The van der Waals surface area contributed by atoms with Gasteiger partial charge in [0.15, 0.2) is 0 Å². The van der Waals surface area contributed by atoms with Crippen LogP contribution in [-0.4, -0.2) is 18.7 Å². The van der Waals surface area contributed by atoms with Crippen LogP contribution in [0.3, 0.4) is 0 Å². The monoisotopic (exact) mass is 329 g/mol. The Hall–Kier alpha value is -1.71. The van der Waals surface area contributed by atoms with E-state index in [0.29, 0.717) is 19.1 Å². The molecule has 3 nitrogen and oxygen atoms in total. The van der Waals surface area contributed by atoms with Crippen molar-refractivity contribution in [1.82, 2.24) is 5.32 Å². The predicted octanol–water partition coefficient (Wildman–Crippen LogP) is 4.15. The first-order valence-electron chi connectivity index (χ1n) is 8.03. The van der Waals surface area contributed by atoms with E-state index >= 15 is 0 Å². The van der Waals surface area contributed by atoms with E-state index < -0.39 is 0 Å². The van der Waals surface area contributed by atoms with Crippen molar-refractivity contribution in [2.75, 3.05) is 13.2 Å². The Bertz CT molecular complexity index is 733. The molecule has 2 atom stereocenters. The van der Waals surface area contributed by atoms with E-state index in [9.17, 15) is 0 Å². The molecule has 23 heavy (non-hydrogen) atoms. The maximum Gasteiger partial charge on any atom is 0.126 e. The summed E-state index contributed by atoms with van der Waals surface area (Å²) >= 11 is 6.00. The molecule has 4 rings (SSSR count). The Morgan fingerprint density at radius 1 is 1.30 bits per heavy atom. The van der Waals surface area contributed by atoms with Gasteiger partial charge in [0.2, 0.25) is 0 Å². The van der Waals surface area contributed by atoms with Crippen molar-refractivity contribution in [2.24, 2.45) is 0 Å². The van der Waals surface area contributed by atoms with Gasteiger partial charge in [-0.25, -0.2) is 0 Å². The van der Waals surface area contributed by atoms with E-state index in [-0.39, 0.29) is 5.54 Å². The van der Waals surface area contributed by atoms with Crippen molar-refractivity contribution in [3.05, 3.63) is 58.6 Å². The molecule has 2 heterocycles. The zero-order valence-electron chi connectivity index (χ0n) is 13.1. The molecule has 2 aliphatic heterocycles. The SMILES string of the molecule is C[C@@]12COc3cc(OCc4cccc(Cl)c4)ccc3[C@@H]1CCN2. The average molecular weight is 330 g/mol. The van der Waals surface area contributed by atoms with Crippen molar-refractivity contribution in [3.8, 4) is 11.5 Å². The molecule has 2 aromatic rings. The lowest BCUT2D eigenvalue weighted by Crippen LogP contribution is -2.48. The molecule has 0 spiro atoms. The second kappa shape index (κ2) is 5.73. The minimum Gasteiger partial charge on any atom is -0.491 e. The second-order valence-corrected chi connectivity index (χ2v) is 7.03. The van der Waals surface area contributed by atoms with Crippen molar-refractivity contribution in [1.29, 1.82) is 0 Å². The topological polar surface area (TPSA) is 30.5 Å². The predicted molar refractivity (Wildman–Crippen MR) is 91.5 cm³/mol. The van der Waals surface area contributed by atoms with E-state index in [0.717, 1.165) is 35.1 Å². The maximum atomic E-state index is 6.00. The lowest BCUT2D eigenvalue weighted by atomic mass is 9.80. The van der Waals surface area contributed by atoms with Crippen molar-refractivity contribution < 1.29 is 9.47 Å². The molecule has 0 saturated carbocycles. The summed E-state index contributed by atoms with van der Waals surface area (Å²) in [5, 5.41) is 4.30. The van der Waals surface area contributed by atoms with E-state index in [2.05, 4.69) is 18.3 Å². The van der Waals surface area contributed by atoms with Gasteiger partial charge in [0.1, 0.15) is 24.7 Å². The molecule has 1 saturated heterocycles. The molecule has 0 aromatic heterocycles.